The van der Waals surface area contributed by atoms with Crippen LogP contribution < -0.4 is 10.2 Å². The van der Waals surface area contributed by atoms with Crippen molar-refractivity contribution in [3.05, 3.63) is 29.3 Å². The lowest BCUT2D eigenvalue weighted by atomic mass is 10.0. The molecule has 1 aromatic rings. The van der Waals surface area contributed by atoms with Crippen LogP contribution in [0.4, 0.5) is 14.5 Å². The van der Waals surface area contributed by atoms with Crippen molar-refractivity contribution in [3.63, 3.8) is 0 Å². The molecule has 21 heavy (non-hydrogen) atoms. The molecule has 1 atom stereocenters. The quantitative estimate of drug-likeness (QED) is 0.909. The van der Waals surface area contributed by atoms with Crippen molar-refractivity contribution in [1.82, 2.24) is 5.32 Å². The fourth-order valence-corrected chi connectivity index (χ4v) is 2.36. The topological polar surface area (TPSA) is 49.4 Å². The molecule has 1 N–H and O–H groups in total. The van der Waals surface area contributed by atoms with E-state index in [1.165, 1.54) is 13.0 Å². The van der Waals surface area contributed by atoms with Crippen LogP contribution in [0, 0.1) is 24.5 Å². The summed E-state index contributed by atoms with van der Waals surface area (Å²) in [6.45, 7) is 5.01. The van der Waals surface area contributed by atoms with Crippen LogP contribution in [0.1, 0.15) is 25.8 Å². The van der Waals surface area contributed by atoms with Crippen molar-refractivity contribution < 1.29 is 18.4 Å². The number of carbonyl (C=O) groups excluding carboxylic acids is 2. The minimum absolute atomic E-state index is 0.0157. The van der Waals surface area contributed by atoms with Crippen LogP contribution in [0.5, 0.6) is 0 Å². The Hall–Kier alpha value is -1.98. The minimum atomic E-state index is -0.802. The summed E-state index contributed by atoms with van der Waals surface area (Å²) in [6.07, 6.45) is 0.0157. The smallest absolute Gasteiger partial charge is 0.249 e. The average molecular weight is 296 g/mol. The van der Waals surface area contributed by atoms with Gasteiger partial charge in [-0.25, -0.2) is 8.78 Å². The van der Waals surface area contributed by atoms with Gasteiger partial charge in [0.1, 0.15) is 17.5 Å². The lowest BCUT2D eigenvalue weighted by Crippen LogP contribution is -2.48. The predicted octanol–water partition coefficient (Wildman–Crippen LogP) is 2.15. The lowest BCUT2D eigenvalue weighted by molar-refractivity contribution is -0.126. The molecule has 114 valence electrons. The van der Waals surface area contributed by atoms with E-state index in [0.717, 1.165) is 11.0 Å². The second kappa shape index (κ2) is 5.79. The number of anilines is 1. The molecule has 0 spiro atoms. The maximum Gasteiger partial charge on any atom is 0.249 e. The summed E-state index contributed by atoms with van der Waals surface area (Å²) in [6, 6.07) is 1.67. The van der Waals surface area contributed by atoms with E-state index in [2.05, 4.69) is 5.32 Å². The van der Waals surface area contributed by atoms with Crippen molar-refractivity contribution in [2.45, 2.75) is 33.2 Å². The first-order valence-corrected chi connectivity index (χ1v) is 6.88. The summed E-state index contributed by atoms with van der Waals surface area (Å²) in [5.41, 5.74) is -0.119. The van der Waals surface area contributed by atoms with Gasteiger partial charge in [-0.1, -0.05) is 19.9 Å². The van der Waals surface area contributed by atoms with Gasteiger partial charge in [0.05, 0.1) is 0 Å². The first kappa shape index (κ1) is 15.4. The monoisotopic (exact) mass is 296 g/mol. The maximum absolute atomic E-state index is 14.2. The molecule has 1 fully saturated rings. The SMILES string of the molecule is Cc1ccc(F)c(N2CCC(=O)NC(C(C)C)C2=O)c1F. The standard InChI is InChI=1S/C15H18F2N2O2/c1-8(2)13-15(21)19(7-6-11(20)18-13)14-10(16)5-4-9(3)12(14)17/h4-5,8,13H,6-7H2,1-3H3,(H,18,20). The molecule has 6 heteroatoms. The van der Waals surface area contributed by atoms with Crippen molar-refractivity contribution in [3.8, 4) is 0 Å². The van der Waals surface area contributed by atoms with Crippen LogP contribution in [0.2, 0.25) is 0 Å². The Kier molecular flexibility index (Phi) is 4.25. The van der Waals surface area contributed by atoms with Gasteiger partial charge in [0.15, 0.2) is 5.82 Å². The normalized spacial score (nSPS) is 19.7. The Labute approximate surface area is 122 Å². The molecule has 0 bridgehead atoms. The Balaban J connectivity index is 2.49. The largest absolute Gasteiger partial charge is 0.344 e. The molecule has 1 heterocycles. The van der Waals surface area contributed by atoms with Gasteiger partial charge in [-0.2, -0.15) is 0 Å². The highest BCUT2D eigenvalue weighted by Gasteiger charge is 2.35. The van der Waals surface area contributed by atoms with Crippen molar-refractivity contribution in [1.29, 1.82) is 0 Å². The first-order chi connectivity index (χ1) is 9.82. The number of rotatable bonds is 2. The molecule has 4 nitrogen and oxygen atoms in total. The Morgan fingerprint density at radius 2 is 1.95 bits per heavy atom. The number of amides is 2. The number of aryl methyl sites for hydroxylation is 1. The summed E-state index contributed by atoms with van der Waals surface area (Å²) < 4.78 is 28.2. The Morgan fingerprint density at radius 3 is 2.57 bits per heavy atom. The van der Waals surface area contributed by atoms with Crippen LogP contribution >= 0.6 is 0 Å². The second-order valence-corrected chi connectivity index (χ2v) is 5.56. The van der Waals surface area contributed by atoms with Crippen molar-refractivity contribution in [2.24, 2.45) is 5.92 Å². The highest BCUT2D eigenvalue weighted by Crippen LogP contribution is 2.28. The van der Waals surface area contributed by atoms with Gasteiger partial charge in [0.25, 0.3) is 0 Å². The fourth-order valence-electron chi connectivity index (χ4n) is 2.36. The number of nitrogens with zero attached hydrogens (tertiary/aromatic N) is 1. The number of nitrogens with one attached hydrogen (secondary N) is 1. The second-order valence-electron chi connectivity index (χ2n) is 5.56. The summed E-state index contributed by atoms with van der Waals surface area (Å²) in [5.74, 6) is -2.52. The van der Waals surface area contributed by atoms with Gasteiger partial charge in [0.2, 0.25) is 11.8 Å². The van der Waals surface area contributed by atoms with E-state index in [9.17, 15) is 18.4 Å². The molecule has 1 aliphatic heterocycles. The van der Waals surface area contributed by atoms with Crippen LogP contribution in [0.15, 0.2) is 12.1 Å². The first-order valence-electron chi connectivity index (χ1n) is 6.88. The van der Waals surface area contributed by atoms with E-state index in [4.69, 9.17) is 0 Å². The van der Waals surface area contributed by atoms with E-state index in [-0.39, 0.29) is 36.0 Å². The summed E-state index contributed by atoms with van der Waals surface area (Å²) in [5, 5.41) is 2.61. The zero-order valence-corrected chi connectivity index (χ0v) is 12.2. The molecule has 0 saturated carbocycles. The van der Waals surface area contributed by atoms with Crippen molar-refractivity contribution >= 4 is 17.5 Å². The molecule has 0 aromatic heterocycles. The number of carbonyl (C=O) groups is 2. The number of hydrogen-bond acceptors (Lipinski definition) is 2. The molecular formula is C15H18F2N2O2. The van der Waals surface area contributed by atoms with E-state index < -0.39 is 23.6 Å². The fraction of sp³-hybridized carbons (Fsp3) is 0.467. The third-order valence-electron chi connectivity index (χ3n) is 3.61. The zero-order valence-electron chi connectivity index (χ0n) is 12.2. The summed E-state index contributed by atoms with van der Waals surface area (Å²) in [4.78, 5) is 25.2. The molecular weight excluding hydrogens is 278 g/mol. The van der Waals surface area contributed by atoms with Gasteiger partial charge >= 0.3 is 0 Å². The average Bonchev–Trinajstić information content (AvgIpc) is 2.56. The van der Waals surface area contributed by atoms with Crippen molar-refractivity contribution in [2.75, 3.05) is 11.4 Å². The van der Waals surface area contributed by atoms with E-state index in [1.807, 2.05) is 0 Å². The highest BCUT2D eigenvalue weighted by atomic mass is 19.1. The maximum atomic E-state index is 14.2. The number of benzene rings is 1. The number of hydrogen-bond donors (Lipinski definition) is 1. The van der Waals surface area contributed by atoms with Crippen LogP contribution in [-0.4, -0.2) is 24.4 Å². The summed E-state index contributed by atoms with van der Waals surface area (Å²) >= 11 is 0. The molecule has 1 unspecified atom stereocenters. The van der Waals surface area contributed by atoms with E-state index in [1.54, 1.807) is 13.8 Å². The number of halogens is 2. The summed E-state index contributed by atoms with van der Waals surface area (Å²) in [7, 11) is 0. The molecule has 1 aliphatic rings. The van der Waals surface area contributed by atoms with Crippen LogP contribution in [-0.2, 0) is 9.59 Å². The van der Waals surface area contributed by atoms with Crippen LogP contribution in [0.3, 0.4) is 0 Å². The predicted molar refractivity (Wildman–Crippen MR) is 74.8 cm³/mol. The Morgan fingerprint density at radius 1 is 1.29 bits per heavy atom. The van der Waals surface area contributed by atoms with Gasteiger partial charge in [-0.05, 0) is 24.5 Å². The van der Waals surface area contributed by atoms with Gasteiger partial charge in [-0.15, -0.1) is 0 Å². The van der Waals surface area contributed by atoms with Gasteiger partial charge in [0, 0.05) is 13.0 Å². The molecule has 0 aliphatic carbocycles. The molecule has 2 amide bonds. The third kappa shape index (κ3) is 2.89. The molecule has 0 radical (unpaired) electrons. The minimum Gasteiger partial charge on any atom is -0.344 e. The van der Waals surface area contributed by atoms with E-state index >= 15 is 0 Å². The Bertz CT molecular complexity index is 587. The van der Waals surface area contributed by atoms with Gasteiger partial charge in [-0.3, -0.25) is 9.59 Å². The molecule has 1 aromatic carbocycles. The molecule has 1 saturated heterocycles. The zero-order chi connectivity index (χ0) is 15.7. The van der Waals surface area contributed by atoms with Crippen LogP contribution in [0.25, 0.3) is 0 Å². The van der Waals surface area contributed by atoms with E-state index in [0.29, 0.717) is 0 Å². The highest BCUT2D eigenvalue weighted by molar-refractivity contribution is 6.01. The van der Waals surface area contributed by atoms with Gasteiger partial charge < -0.3 is 10.2 Å². The molecule has 2 rings (SSSR count). The third-order valence-corrected chi connectivity index (χ3v) is 3.61. The lowest BCUT2D eigenvalue weighted by Gasteiger charge is -2.27.